The molecular weight excluding hydrogens is 188 g/mol. The summed E-state index contributed by atoms with van der Waals surface area (Å²) in [5, 5.41) is 19.4. The van der Waals surface area contributed by atoms with Crippen molar-refractivity contribution in [2.45, 2.75) is 45.6 Å². The van der Waals surface area contributed by atoms with Gasteiger partial charge < -0.3 is 10.2 Å². The Balaban J connectivity index is 2.41. The van der Waals surface area contributed by atoms with Crippen molar-refractivity contribution in [1.29, 1.82) is 0 Å². The van der Waals surface area contributed by atoms with Gasteiger partial charge in [0.05, 0.1) is 0 Å². The van der Waals surface area contributed by atoms with Gasteiger partial charge in [-0.2, -0.15) is 0 Å². The topological polar surface area (TPSA) is 40.5 Å². The van der Waals surface area contributed by atoms with Gasteiger partial charge >= 0.3 is 0 Å². The first-order chi connectivity index (χ1) is 6.87. The Morgan fingerprint density at radius 3 is 2.40 bits per heavy atom. The monoisotopic (exact) mass is 208 g/mol. The molecule has 0 amide bonds. The van der Waals surface area contributed by atoms with Gasteiger partial charge in [0.25, 0.3) is 0 Å². The second-order valence-electron chi connectivity index (χ2n) is 5.81. The first-order valence-corrected chi connectivity index (χ1v) is 5.71. The Bertz CT molecular complexity index is 336. The fourth-order valence-electron chi connectivity index (χ4n) is 3.65. The highest BCUT2D eigenvalue weighted by molar-refractivity contribution is 5.29. The normalized spacial score (nSPS) is 46.3. The molecule has 2 nitrogen and oxygen atoms in total. The minimum atomic E-state index is -0.887. The average molecular weight is 208 g/mol. The fraction of sp³-hybridized carbons (Fsp3) is 0.846. The second-order valence-corrected chi connectivity index (χ2v) is 5.81. The Hall–Kier alpha value is -0.520. The Morgan fingerprint density at radius 1 is 1.33 bits per heavy atom. The van der Waals surface area contributed by atoms with Crippen LogP contribution < -0.4 is 0 Å². The molecule has 2 heteroatoms. The van der Waals surface area contributed by atoms with E-state index in [-0.39, 0.29) is 17.4 Å². The lowest BCUT2D eigenvalue weighted by molar-refractivity contribution is -0.0433. The van der Waals surface area contributed by atoms with E-state index in [1.165, 1.54) is 6.42 Å². The summed E-state index contributed by atoms with van der Waals surface area (Å²) >= 11 is 0. The molecule has 2 saturated carbocycles. The van der Waals surface area contributed by atoms with Gasteiger partial charge in [0, 0.05) is 5.41 Å². The lowest BCUT2D eigenvalue weighted by Gasteiger charge is -2.42. The van der Waals surface area contributed by atoms with Gasteiger partial charge in [-0.05, 0) is 30.6 Å². The fourth-order valence-corrected chi connectivity index (χ4v) is 3.65. The van der Waals surface area contributed by atoms with Crippen molar-refractivity contribution < 1.29 is 10.2 Å². The van der Waals surface area contributed by atoms with E-state index in [0.29, 0.717) is 5.92 Å². The van der Waals surface area contributed by atoms with Crippen molar-refractivity contribution in [3.8, 4) is 11.8 Å². The lowest BCUT2D eigenvalue weighted by Crippen LogP contribution is -2.46. The summed E-state index contributed by atoms with van der Waals surface area (Å²) in [4.78, 5) is 0. The summed E-state index contributed by atoms with van der Waals surface area (Å²) in [5.74, 6) is 6.09. The van der Waals surface area contributed by atoms with Crippen LogP contribution in [0.25, 0.3) is 0 Å². The molecule has 0 radical (unpaired) electrons. The smallest absolute Gasteiger partial charge is 0.131 e. The van der Waals surface area contributed by atoms with Crippen LogP contribution in [0.2, 0.25) is 0 Å². The van der Waals surface area contributed by atoms with Gasteiger partial charge in [-0.3, -0.25) is 0 Å². The highest BCUT2D eigenvalue weighted by Gasteiger charge is 2.68. The summed E-state index contributed by atoms with van der Waals surface area (Å²) in [6, 6.07) is 0. The second kappa shape index (κ2) is 2.99. The Morgan fingerprint density at radius 2 is 2.00 bits per heavy atom. The summed E-state index contributed by atoms with van der Waals surface area (Å²) < 4.78 is 0. The lowest BCUT2D eigenvalue weighted by atomic mass is 9.64. The van der Waals surface area contributed by atoms with Crippen LogP contribution in [-0.4, -0.2) is 22.4 Å². The highest BCUT2D eigenvalue weighted by Crippen LogP contribution is 2.69. The maximum Gasteiger partial charge on any atom is 0.131 e. The molecule has 2 aliphatic rings. The Labute approximate surface area is 91.7 Å². The molecule has 2 bridgehead atoms. The molecule has 0 unspecified atom stereocenters. The SMILES string of the molecule is CC1(C)[C@@H]2CC[C@@]1(C)[C@@](O)(C#CCO)C2. The highest BCUT2D eigenvalue weighted by atomic mass is 16.3. The van der Waals surface area contributed by atoms with Gasteiger partial charge in [0.2, 0.25) is 0 Å². The largest absolute Gasteiger partial charge is 0.384 e. The average Bonchev–Trinajstić information content (AvgIpc) is 2.47. The predicted molar refractivity (Wildman–Crippen MR) is 59.0 cm³/mol. The number of aliphatic hydroxyl groups is 2. The third kappa shape index (κ3) is 1.14. The minimum Gasteiger partial charge on any atom is -0.384 e. The van der Waals surface area contributed by atoms with Crippen molar-refractivity contribution in [3.63, 3.8) is 0 Å². The first-order valence-electron chi connectivity index (χ1n) is 5.71. The van der Waals surface area contributed by atoms with Crippen LogP contribution in [0.1, 0.15) is 40.0 Å². The van der Waals surface area contributed by atoms with E-state index in [0.717, 1.165) is 12.8 Å². The molecule has 0 aliphatic heterocycles. The van der Waals surface area contributed by atoms with E-state index < -0.39 is 5.60 Å². The maximum atomic E-state index is 10.6. The van der Waals surface area contributed by atoms with E-state index in [1.54, 1.807) is 0 Å². The third-order valence-corrected chi connectivity index (χ3v) is 5.26. The summed E-state index contributed by atoms with van der Waals surface area (Å²) in [6.07, 6.45) is 3.01. The maximum absolute atomic E-state index is 10.6. The quantitative estimate of drug-likeness (QED) is 0.593. The van der Waals surface area contributed by atoms with E-state index in [9.17, 15) is 5.11 Å². The molecule has 0 heterocycles. The zero-order valence-corrected chi connectivity index (χ0v) is 9.80. The van der Waals surface area contributed by atoms with Gasteiger partial charge in [-0.15, -0.1) is 0 Å². The molecule has 2 N–H and O–H groups in total. The Kier molecular flexibility index (Phi) is 2.19. The van der Waals surface area contributed by atoms with Gasteiger partial charge in [-0.1, -0.05) is 32.6 Å². The van der Waals surface area contributed by atoms with Gasteiger partial charge in [-0.25, -0.2) is 0 Å². The van der Waals surface area contributed by atoms with Crippen LogP contribution in [0.4, 0.5) is 0 Å². The molecule has 2 rings (SSSR count). The van der Waals surface area contributed by atoms with Crippen molar-refractivity contribution in [3.05, 3.63) is 0 Å². The molecule has 84 valence electrons. The van der Waals surface area contributed by atoms with Crippen molar-refractivity contribution >= 4 is 0 Å². The number of rotatable bonds is 0. The molecule has 2 aliphatic carbocycles. The van der Waals surface area contributed by atoms with Crippen molar-refractivity contribution in [2.24, 2.45) is 16.7 Å². The van der Waals surface area contributed by atoms with Crippen LogP contribution in [0, 0.1) is 28.6 Å². The molecule has 0 aromatic rings. The molecule has 0 aromatic carbocycles. The van der Waals surface area contributed by atoms with Gasteiger partial charge in [0.1, 0.15) is 12.2 Å². The molecular formula is C13H20O2. The van der Waals surface area contributed by atoms with E-state index >= 15 is 0 Å². The molecule has 15 heavy (non-hydrogen) atoms. The standard InChI is InChI=1S/C13H20O2/c1-11(2)10-5-7-12(11,3)13(15,9-10)6-4-8-14/h10,14-15H,5,7-9H2,1-3H3/t10-,12-,13-/m1/s1. The van der Waals surface area contributed by atoms with Crippen LogP contribution in [0.3, 0.4) is 0 Å². The van der Waals surface area contributed by atoms with Crippen molar-refractivity contribution in [2.75, 3.05) is 6.61 Å². The zero-order valence-electron chi connectivity index (χ0n) is 9.80. The van der Waals surface area contributed by atoms with E-state index in [1.807, 2.05) is 0 Å². The first kappa shape index (κ1) is 11.0. The predicted octanol–water partition coefficient (Wildman–Crippen LogP) is 1.56. The van der Waals surface area contributed by atoms with Crippen LogP contribution in [-0.2, 0) is 0 Å². The summed E-state index contributed by atoms with van der Waals surface area (Å²) in [7, 11) is 0. The third-order valence-electron chi connectivity index (χ3n) is 5.26. The number of hydrogen-bond donors (Lipinski definition) is 2. The van der Waals surface area contributed by atoms with E-state index in [4.69, 9.17) is 5.11 Å². The molecule has 0 aromatic heterocycles. The number of fused-ring (bicyclic) bond motifs is 2. The number of hydrogen-bond acceptors (Lipinski definition) is 2. The van der Waals surface area contributed by atoms with Gasteiger partial charge in [0.15, 0.2) is 0 Å². The van der Waals surface area contributed by atoms with Crippen LogP contribution >= 0.6 is 0 Å². The van der Waals surface area contributed by atoms with Crippen LogP contribution in [0.15, 0.2) is 0 Å². The molecule has 0 spiro atoms. The molecule has 2 fully saturated rings. The molecule has 0 saturated heterocycles. The minimum absolute atomic E-state index is 0.118. The zero-order chi connectivity index (χ0) is 11.3. The van der Waals surface area contributed by atoms with E-state index in [2.05, 4.69) is 32.6 Å². The molecule has 3 atom stereocenters. The number of aliphatic hydroxyl groups excluding tert-OH is 1. The van der Waals surface area contributed by atoms with Crippen molar-refractivity contribution in [1.82, 2.24) is 0 Å². The summed E-state index contributed by atoms with van der Waals surface area (Å²) in [6.45, 7) is 6.46. The van der Waals surface area contributed by atoms with Crippen LogP contribution in [0.5, 0.6) is 0 Å². The summed E-state index contributed by atoms with van der Waals surface area (Å²) in [5.41, 5.74) is -0.846.